The van der Waals surface area contributed by atoms with Crippen molar-refractivity contribution in [3.63, 3.8) is 0 Å². The topological polar surface area (TPSA) is 29.5 Å². The van der Waals surface area contributed by atoms with Crippen molar-refractivity contribution in [2.45, 2.75) is 27.2 Å². The zero-order chi connectivity index (χ0) is 12.3. The van der Waals surface area contributed by atoms with Crippen LogP contribution in [0.3, 0.4) is 0 Å². The van der Waals surface area contributed by atoms with Crippen LogP contribution in [-0.2, 0) is 0 Å². The van der Waals surface area contributed by atoms with E-state index >= 15 is 0 Å². The van der Waals surface area contributed by atoms with E-state index in [1.165, 1.54) is 6.07 Å². The Morgan fingerprint density at radius 2 is 2.00 bits per heavy atom. The van der Waals surface area contributed by atoms with Crippen molar-refractivity contribution < 1.29 is 14.2 Å². The molecule has 0 aromatic heterocycles. The summed E-state index contributed by atoms with van der Waals surface area (Å²) >= 11 is 3.19. The van der Waals surface area contributed by atoms with Crippen LogP contribution in [0.1, 0.15) is 27.2 Å². The summed E-state index contributed by atoms with van der Waals surface area (Å²) < 4.78 is 19.3. The third-order valence-electron chi connectivity index (χ3n) is 2.13. The third kappa shape index (κ3) is 3.67. The number of phenols is 1. The van der Waals surface area contributed by atoms with Gasteiger partial charge in [-0.2, -0.15) is 4.39 Å². The molecule has 0 spiro atoms. The fourth-order valence-corrected chi connectivity index (χ4v) is 1.53. The van der Waals surface area contributed by atoms with Crippen LogP contribution in [0.4, 0.5) is 4.39 Å². The maximum Gasteiger partial charge on any atom is 0.207 e. The maximum atomic E-state index is 13.5. The average Bonchev–Trinajstić information content (AvgIpc) is 2.16. The Kier molecular flexibility index (Phi) is 4.19. The summed E-state index contributed by atoms with van der Waals surface area (Å²) in [5.41, 5.74) is 0.139. The lowest BCUT2D eigenvalue weighted by atomic mass is 9.93. The molecule has 2 nitrogen and oxygen atoms in total. The quantitative estimate of drug-likeness (QED) is 0.908. The van der Waals surface area contributed by atoms with Crippen molar-refractivity contribution in [1.82, 2.24) is 0 Å². The molecule has 0 bridgehead atoms. The lowest BCUT2D eigenvalue weighted by molar-refractivity contribution is 0.232. The first-order valence-corrected chi connectivity index (χ1v) is 5.90. The van der Waals surface area contributed by atoms with Gasteiger partial charge >= 0.3 is 0 Å². The predicted octanol–water partition coefficient (Wildman–Crippen LogP) is 4.11. The highest BCUT2D eigenvalue weighted by atomic mass is 79.9. The fraction of sp³-hybridized carbons (Fsp3) is 0.500. The smallest absolute Gasteiger partial charge is 0.207 e. The molecule has 0 radical (unpaired) electrons. The number of halogens is 2. The van der Waals surface area contributed by atoms with Gasteiger partial charge in [-0.25, -0.2) is 0 Å². The van der Waals surface area contributed by atoms with Crippen molar-refractivity contribution in [2.24, 2.45) is 5.41 Å². The van der Waals surface area contributed by atoms with Crippen molar-refractivity contribution >= 4 is 15.9 Å². The normalized spacial score (nSPS) is 11.6. The Morgan fingerprint density at radius 3 is 2.56 bits per heavy atom. The average molecular weight is 291 g/mol. The van der Waals surface area contributed by atoms with Crippen LogP contribution < -0.4 is 4.74 Å². The summed E-state index contributed by atoms with van der Waals surface area (Å²) in [5, 5.41) is 9.21. The van der Waals surface area contributed by atoms with Gasteiger partial charge in [-0.1, -0.05) is 20.8 Å². The molecule has 0 aliphatic carbocycles. The molecule has 0 saturated carbocycles. The molecule has 4 heteroatoms. The van der Waals surface area contributed by atoms with Crippen LogP contribution in [0.15, 0.2) is 16.6 Å². The van der Waals surface area contributed by atoms with Gasteiger partial charge in [0, 0.05) is 0 Å². The van der Waals surface area contributed by atoms with Crippen molar-refractivity contribution in [3.05, 3.63) is 22.4 Å². The number of hydrogen-bond acceptors (Lipinski definition) is 2. The molecule has 0 saturated heterocycles. The molecule has 90 valence electrons. The van der Waals surface area contributed by atoms with Gasteiger partial charge in [0.25, 0.3) is 0 Å². The Hall–Kier alpha value is -0.770. The first-order valence-electron chi connectivity index (χ1n) is 5.11. The Morgan fingerprint density at radius 1 is 1.38 bits per heavy atom. The molecule has 1 N–H and O–H groups in total. The Balaban J connectivity index is 2.71. The fourth-order valence-electron chi connectivity index (χ4n) is 1.11. The Bertz CT molecular complexity index is 372. The highest BCUT2D eigenvalue weighted by Crippen LogP contribution is 2.34. The minimum atomic E-state index is -0.719. The predicted molar refractivity (Wildman–Crippen MR) is 65.3 cm³/mol. The van der Waals surface area contributed by atoms with Crippen LogP contribution >= 0.6 is 15.9 Å². The van der Waals surface area contributed by atoms with Crippen molar-refractivity contribution in [1.29, 1.82) is 0 Å². The van der Waals surface area contributed by atoms with Gasteiger partial charge in [0.05, 0.1) is 11.1 Å². The molecule has 16 heavy (non-hydrogen) atoms. The summed E-state index contributed by atoms with van der Waals surface area (Å²) in [7, 11) is 0. The number of rotatable bonds is 3. The lowest BCUT2D eigenvalue weighted by Gasteiger charge is -2.18. The van der Waals surface area contributed by atoms with Crippen molar-refractivity contribution in [2.75, 3.05) is 6.61 Å². The van der Waals surface area contributed by atoms with Crippen LogP contribution in [0.2, 0.25) is 0 Å². The van der Waals surface area contributed by atoms with Gasteiger partial charge in [-0.15, -0.1) is 0 Å². The minimum absolute atomic E-state index is 0.0734. The summed E-state index contributed by atoms with van der Waals surface area (Å²) in [6, 6.07) is 2.85. The third-order valence-corrected chi connectivity index (χ3v) is 2.75. The van der Waals surface area contributed by atoms with E-state index in [-0.39, 0.29) is 11.2 Å². The van der Waals surface area contributed by atoms with E-state index in [4.69, 9.17) is 4.74 Å². The highest BCUT2D eigenvalue weighted by molar-refractivity contribution is 9.10. The number of hydrogen-bond donors (Lipinski definition) is 1. The number of aromatic hydroxyl groups is 1. The second-order valence-electron chi connectivity index (χ2n) is 4.87. The zero-order valence-electron chi connectivity index (χ0n) is 9.68. The van der Waals surface area contributed by atoms with E-state index in [1.54, 1.807) is 6.07 Å². The molecule has 0 unspecified atom stereocenters. The monoisotopic (exact) mass is 290 g/mol. The number of benzene rings is 1. The highest BCUT2D eigenvalue weighted by Gasteiger charge is 2.15. The van der Waals surface area contributed by atoms with Gasteiger partial charge in [-0.05, 0) is 39.9 Å². The zero-order valence-corrected chi connectivity index (χ0v) is 11.3. The molecular formula is C12H16BrFO2. The molecule has 1 rings (SSSR count). The molecular weight excluding hydrogens is 275 g/mol. The van der Waals surface area contributed by atoms with Gasteiger partial charge in [0.15, 0.2) is 11.5 Å². The molecule has 0 aliphatic heterocycles. The summed E-state index contributed by atoms with van der Waals surface area (Å²) in [6.45, 7) is 6.68. The standard InChI is InChI=1S/C12H16BrFO2/c1-12(2,3)6-7-16-11-8(13)4-5-9(15)10(11)14/h4-5,15H,6-7H2,1-3H3. The van der Waals surface area contributed by atoms with Gasteiger partial charge in [0.1, 0.15) is 0 Å². The van der Waals surface area contributed by atoms with Crippen LogP contribution in [0.25, 0.3) is 0 Å². The van der Waals surface area contributed by atoms with E-state index in [0.717, 1.165) is 6.42 Å². The lowest BCUT2D eigenvalue weighted by Crippen LogP contribution is -2.11. The van der Waals surface area contributed by atoms with Crippen molar-refractivity contribution in [3.8, 4) is 11.5 Å². The molecule has 0 aliphatic rings. The summed E-state index contributed by atoms with van der Waals surface area (Å²) in [6.07, 6.45) is 0.814. The van der Waals surface area contributed by atoms with Gasteiger partial charge in [-0.3, -0.25) is 0 Å². The summed E-state index contributed by atoms with van der Waals surface area (Å²) in [5.74, 6) is -1.04. The van der Waals surface area contributed by atoms with E-state index < -0.39 is 11.6 Å². The van der Waals surface area contributed by atoms with Crippen LogP contribution in [0.5, 0.6) is 11.5 Å². The second-order valence-corrected chi connectivity index (χ2v) is 5.72. The minimum Gasteiger partial charge on any atom is -0.505 e. The molecule has 0 amide bonds. The van der Waals surface area contributed by atoms with E-state index in [1.807, 2.05) is 0 Å². The first-order chi connectivity index (χ1) is 7.31. The SMILES string of the molecule is CC(C)(C)CCOc1c(Br)ccc(O)c1F. The molecule has 1 aromatic carbocycles. The number of ether oxygens (including phenoxy) is 1. The van der Waals surface area contributed by atoms with E-state index in [0.29, 0.717) is 11.1 Å². The molecule has 0 heterocycles. The Labute approximate surface area is 104 Å². The summed E-state index contributed by atoms with van der Waals surface area (Å²) in [4.78, 5) is 0. The largest absolute Gasteiger partial charge is 0.505 e. The maximum absolute atomic E-state index is 13.5. The van der Waals surface area contributed by atoms with Gasteiger partial charge < -0.3 is 9.84 Å². The van der Waals surface area contributed by atoms with Gasteiger partial charge in [0.2, 0.25) is 5.82 Å². The first kappa shape index (κ1) is 13.3. The van der Waals surface area contributed by atoms with E-state index in [9.17, 15) is 9.50 Å². The van der Waals surface area contributed by atoms with E-state index in [2.05, 4.69) is 36.7 Å². The number of phenolic OH excluding ortho intramolecular Hbond substituents is 1. The van der Waals surface area contributed by atoms with Crippen LogP contribution in [-0.4, -0.2) is 11.7 Å². The second kappa shape index (κ2) is 5.04. The van der Waals surface area contributed by atoms with Crippen LogP contribution in [0, 0.1) is 11.2 Å². The molecule has 0 atom stereocenters. The molecule has 1 aromatic rings. The molecule has 0 fully saturated rings.